The van der Waals surface area contributed by atoms with Crippen LogP contribution in [0.2, 0.25) is 0 Å². The molecule has 0 unspecified atom stereocenters. The van der Waals surface area contributed by atoms with E-state index < -0.39 is 0 Å². The summed E-state index contributed by atoms with van der Waals surface area (Å²) in [5.74, 6) is 3.06. The topological polar surface area (TPSA) is 68.8 Å². The van der Waals surface area contributed by atoms with E-state index in [4.69, 9.17) is 19.5 Å². The highest BCUT2D eigenvalue weighted by atomic mass is 16.3. The van der Waals surface area contributed by atoms with E-state index in [0.717, 1.165) is 52.7 Å². The molecule has 0 radical (unpaired) electrons. The van der Waals surface area contributed by atoms with Gasteiger partial charge in [-0.1, -0.05) is 17.7 Å². The van der Waals surface area contributed by atoms with Gasteiger partial charge in [-0.25, -0.2) is 14.6 Å². The summed E-state index contributed by atoms with van der Waals surface area (Å²) >= 11 is 0. The summed E-state index contributed by atoms with van der Waals surface area (Å²) in [6.07, 6.45) is 3.99. The molecule has 6 nitrogen and oxygen atoms in total. The lowest BCUT2D eigenvalue weighted by molar-refractivity contribution is 0.518. The monoisotopic (exact) mass is 359 g/mol. The van der Waals surface area contributed by atoms with Crippen molar-refractivity contribution in [3.05, 3.63) is 65.5 Å². The van der Waals surface area contributed by atoms with Gasteiger partial charge in [-0.05, 0) is 51.0 Å². The minimum absolute atomic E-state index is 0.459. The van der Waals surface area contributed by atoms with Crippen LogP contribution in [-0.2, 0) is 6.54 Å². The van der Waals surface area contributed by atoms with E-state index in [1.807, 2.05) is 23.7 Å². The van der Waals surface area contributed by atoms with Gasteiger partial charge < -0.3 is 9.73 Å². The van der Waals surface area contributed by atoms with Crippen molar-refractivity contribution >= 4 is 16.9 Å². The fourth-order valence-corrected chi connectivity index (χ4v) is 3.30. The third-order valence-corrected chi connectivity index (χ3v) is 4.95. The van der Waals surface area contributed by atoms with Crippen LogP contribution in [0, 0.1) is 13.8 Å². The Labute approximate surface area is 157 Å². The molecule has 1 N–H and O–H groups in total. The van der Waals surface area contributed by atoms with Gasteiger partial charge in [0.05, 0.1) is 29.6 Å². The molecular weight excluding hydrogens is 338 g/mol. The van der Waals surface area contributed by atoms with Gasteiger partial charge in [0, 0.05) is 5.92 Å². The number of aromatic nitrogens is 4. The van der Waals surface area contributed by atoms with Gasteiger partial charge in [0.25, 0.3) is 0 Å². The molecule has 1 aliphatic rings. The second-order valence-electron chi connectivity index (χ2n) is 7.17. The van der Waals surface area contributed by atoms with Crippen LogP contribution >= 0.6 is 0 Å². The summed E-state index contributed by atoms with van der Waals surface area (Å²) in [6.45, 7) is 4.67. The Kier molecular flexibility index (Phi) is 3.70. The normalized spacial score (nSPS) is 14.0. The maximum atomic E-state index is 5.45. The molecular formula is C21H21N5O. The molecule has 0 aliphatic heterocycles. The number of nitrogens with one attached hydrogen (secondary N) is 1. The Bertz CT molecular complexity index is 1090. The van der Waals surface area contributed by atoms with Gasteiger partial charge in [-0.2, -0.15) is 5.10 Å². The maximum Gasteiger partial charge on any atom is 0.168 e. The number of aryl methyl sites for hydroxylation is 2. The van der Waals surface area contributed by atoms with Gasteiger partial charge >= 0.3 is 0 Å². The molecule has 1 saturated carbocycles. The lowest BCUT2D eigenvalue weighted by atomic mass is 10.2. The predicted octanol–water partition coefficient (Wildman–Crippen LogP) is 4.51. The first kappa shape index (κ1) is 16.1. The highest BCUT2D eigenvalue weighted by Gasteiger charge is 2.29. The quantitative estimate of drug-likeness (QED) is 0.567. The SMILES string of the molecule is Cc1ccc(-n2nc(C)c3c(NCc4ccco4)nc(C4CC4)nc32)cc1. The largest absolute Gasteiger partial charge is 0.467 e. The molecule has 6 heteroatoms. The highest BCUT2D eigenvalue weighted by Crippen LogP contribution is 2.40. The van der Waals surface area contributed by atoms with Crippen molar-refractivity contribution in [3.8, 4) is 5.69 Å². The minimum atomic E-state index is 0.459. The number of hydrogen-bond donors (Lipinski definition) is 1. The van der Waals surface area contributed by atoms with Crippen molar-refractivity contribution in [3.63, 3.8) is 0 Å². The summed E-state index contributed by atoms with van der Waals surface area (Å²) in [5, 5.41) is 9.16. The van der Waals surface area contributed by atoms with E-state index in [1.54, 1.807) is 6.26 Å². The van der Waals surface area contributed by atoms with Gasteiger partial charge in [0.15, 0.2) is 5.65 Å². The molecule has 4 aromatic rings. The lowest BCUT2D eigenvalue weighted by Crippen LogP contribution is -2.06. The van der Waals surface area contributed by atoms with E-state index in [9.17, 15) is 0 Å². The van der Waals surface area contributed by atoms with Gasteiger partial charge in [-0.3, -0.25) is 0 Å². The standard InChI is InChI=1S/C21H21N5O/c1-13-5-9-16(10-6-13)26-21-18(14(2)25-26)20(22-12-17-4-3-11-27-17)23-19(24-21)15-7-8-15/h3-6,9-11,15H,7-8,12H2,1-2H3,(H,22,23,24). The van der Waals surface area contributed by atoms with Crippen LogP contribution < -0.4 is 5.32 Å². The summed E-state index contributed by atoms with van der Waals surface area (Å²) in [4.78, 5) is 9.72. The predicted molar refractivity (Wildman–Crippen MR) is 104 cm³/mol. The second kappa shape index (κ2) is 6.23. The van der Waals surface area contributed by atoms with Crippen molar-refractivity contribution in [2.45, 2.75) is 39.2 Å². The van der Waals surface area contributed by atoms with E-state index in [1.165, 1.54) is 5.56 Å². The summed E-state index contributed by atoms with van der Waals surface area (Å²) < 4.78 is 7.37. The molecule has 1 aliphatic carbocycles. The van der Waals surface area contributed by atoms with E-state index in [0.29, 0.717) is 12.5 Å². The van der Waals surface area contributed by atoms with Crippen LogP contribution in [0.5, 0.6) is 0 Å². The molecule has 27 heavy (non-hydrogen) atoms. The first-order valence-electron chi connectivity index (χ1n) is 9.29. The fourth-order valence-electron chi connectivity index (χ4n) is 3.30. The first-order valence-corrected chi connectivity index (χ1v) is 9.29. The Morgan fingerprint density at radius 3 is 2.63 bits per heavy atom. The van der Waals surface area contributed by atoms with Crippen LogP contribution in [0.15, 0.2) is 47.1 Å². The van der Waals surface area contributed by atoms with Crippen LogP contribution in [0.4, 0.5) is 5.82 Å². The molecule has 1 aromatic carbocycles. The van der Waals surface area contributed by atoms with Crippen molar-refractivity contribution < 1.29 is 4.42 Å². The minimum Gasteiger partial charge on any atom is -0.467 e. The summed E-state index contributed by atoms with van der Waals surface area (Å²) in [5.41, 5.74) is 4.00. The van der Waals surface area contributed by atoms with Crippen molar-refractivity contribution in [1.82, 2.24) is 19.7 Å². The van der Waals surface area contributed by atoms with Crippen LogP contribution in [0.25, 0.3) is 16.7 Å². The molecule has 0 amide bonds. The third-order valence-electron chi connectivity index (χ3n) is 4.95. The molecule has 3 heterocycles. The molecule has 3 aromatic heterocycles. The zero-order valence-electron chi connectivity index (χ0n) is 15.4. The first-order chi connectivity index (χ1) is 13.2. The number of fused-ring (bicyclic) bond motifs is 1. The number of nitrogens with zero attached hydrogens (tertiary/aromatic N) is 4. The zero-order chi connectivity index (χ0) is 18.4. The van der Waals surface area contributed by atoms with E-state index in [2.05, 4.69) is 36.5 Å². The molecule has 5 rings (SSSR count). The zero-order valence-corrected chi connectivity index (χ0v) is 15.4. The summed E-state index contributed by atoms with van der Waals surface area (Å²) in [7, 11) is 0. The van der Waals surface area contributed by atoms with E-state index in [-0.39, 0.29) is 0 Å². The maximum absolute atomic E-state index is 5.45. The van der Waals surface area contributed by atoms with E-state index >= 15 is 0 Å². The number of hydrogen-bond acceptors (Lipinski definition) is 5. The lowest BCUT2D eigenvalue weighted by Gasteiger charge is -2.09. The average molecular weight is 359 g/mol. The number of benzene rings is 1. The number of rotatable bonds is 5. The summed E-state index contributed by atoms with van der Waals surface area (Å²) in [6, 6.07) is 12.2. The van der Waals surface area contributed by atoms with Gasteiger partial charge in [-0.15, -0.1) is 0 Å². The van der Waals surface area contributed by atoms with Crippen molar-refractivity contribution in [2.75, 3.05) is 5.32 Å². The Balaban J connectivity index is 1.64. The molecule has 0 saturated heterocycles. The fraction of sp³-hybridized carbons (Fsp3) is 0.286. The molecule has 0 spiro atoms. The smallest absolute Gasteiger partial charge is 0.168 e. The van der Waals surface area contributed by atoms with Gasteiger partial charge in [0.2, 0.25) is 0 Å². The molecule has 0 bridgehead atoms. The molecule has 136 valence electrons. The van der Waals surface area contributed by atoms with Crippen molar-refractivity contribution in [2.24, 2.45) is 0 Å². The molecule has 1 fully saturated rings. The Hall–Kier alpha value is -3.15. The van der Waals surface area contributed by atoms with Gasteiger partial charge in [0.1, 0.15) is 17.4 Å². The Morgan fingerprint density at radius 1 is 1.11 bits per heavy atom. The second-order valence-corrected chi connectivity index (χ2v) is 7.17. The van der Waals surface area contributed by atoms with Crippen molar-refractivity contribution in [1.29, 1.82) is 0 Å². The molecule has 0 atom stereocenters. The van der Waals surface area contributed by atoms with Crippen LogP contribution in [-0.4, -0.2) is 19.7 Å². The third kappa shape index (κ3) is 2.97. The Morgan fingerprint density at radius 2 is 1.93 bits per heavy atom. The van der Waals surface area contributed by atoms with Crippen LogP contribution in [0.3, 0.4) is 0 Å². The van der Waals surface area contributed by atoms with Crippen LogP contribution in [0.1, 0.15) is 41.6 Å². The average Bonchev–Trinajstić information content (AvgIpc) is 3.30. The number of furan rings is 1. The highest BCUT2D eigenvalue weighted by molar-refractivity contribution is 5.90. The number of anilines is 1.